The zero-order valence-corrected chi connectivity index (χ0v) is 13.3. The Hall–Kier alpha value is -1.14. The van der Waals surface area contributed by atoms with E-state index >= 15 is 0 Å². The van der Waals surface area contributed by atoms with Crippen LogP contribution in [-0.2, 0) is 16.0 Å². The van der Waals surface area contributed by atoms with Crippen LogP contribution in [-0.4, -0.2) is 55.7 Å². The van der Waals surface area contributed by atoms with Crippen LogP contribution in [0.5, 0.6) is 0 Å². The van der Waals surface area contributed by atoms with E-state index in [0.29, 0.717) is 5.92 Å². The number of anilines is 1. The van der Waals surface area contributed by atoms with E-state index in [4.69, 9.17) is 0 Å². The molecule has 1 aromatic rings. The van der Waals surface area contributed by atoms with Crippen molar-refractivity contribution in [3.05, 3.63) is 11.1 Å². The molecule has 1 aliphatic heterocycles. The Morgan fingerprint density at radius 3 is 2.70 bits per heavy atom. The highest BCUT2D eigenvalue weighted by Crippen LogP contribution is 2.22. The second kappa shape index (κ2) is 7.04. The fourth-order valence-electron chi connectivity index (χ4n) is 2.38. The molecule has 2 rings (SSSR count). The van der Waals surface area contributed by atoms with E-state index in [0.717, 1.165) is 37.0 Å². The number of rotatable bonds is 5. The largest absolute Gasteiger partial charge is 0.469 e. The Morgan fingerprint density at radius 2 is 2.10 bits per heavy atom. The van der Waals surface area contributed by atoms with E-state index in [1.54, 1.807) is 11.3 Å². The summed E-state index contributed by atoms with van der Waals surface area (Å²) in [7, 11) is 1.41. The number of carbonyl (C=O) groups excluding carboxylic acids is 1. The Balaban J connectivity index is 1.86. The third-order valence-electron chi connectivity index (χ3n) is 3.36. The van der Waals surface area contributed by atoms with Gasteiger partial charge in [0.2, 0.25) is 0 Å². The van der Waals surface area contributed by atoms with Crippen LogP contribution in [0.15, 0.2) is 5.38 Å². The van der Waals surface area contributed by atoms with Gasteiger partial charge in [0.05, 0.1) is 19.2 Å². The van der Waals surface area contributed by atoms with Crippen molar-refractivity contribution in [2.24, 2.45) is 5.92 Å². The molecule has 2 heterocycles. The van der Waals surface area contributed by atoms with E-state index in [2.05, 4.69) is 33.4 Å². The van der Waals surface area contributed by atoms with Crippen LogP contribution in [0.1, 0.15) is 19.5 Å². The fraction of sp³-hybridized carbons (Fsp3) is 0.714. The van der Waals surface area contributed by atoms with E-state index in [9.17, 15) is 4.79 Å². The standard InChI is InChI=1S/C14H23N3O2S/c1-11(2)9-16-4-6-17(7-5-16)14-15-12(10-20-14)8-13(18)19-3/h10-11H,4-9H2,1-3H3. The maximum atomic E-state index is 11.2. The van der Waals surface area contributed by atoms with Crippen molar-refractivity contribution in [1.29, 1.82) is 0 Å². The lowest BCUT2D eigenvalue weighted by Gasteiger charge is -2.35. The minimum atomic E-state index is -0.233. The number of methoxy groups -OCH3 is 1. The van der Waals surface area contributed by atoms with Gasteiger partial charge in [-0.25, -0.2) is 4.98 Å². The molecule has 0 unspecified atom stereocenters. The summed E-state index contributed by atoms with van der Waals surface area (Å²) < 4.78 is 4.67. The van der Waals surface area contributed by atoms with Gasteiger partial charge in [0, 0.05) is 38.1 Å². The van der Waals surface area contributed by atoms with Crippen LogP contribution in [0.4, 0.5) is 5.13 Å². The first kappa shape index (κ1) is 15.3. The SMILES string of the molecule is COC(=O)Cc1csc(N2CCN(CC(C)C)CC2)n1. The van der Waals surface area contributed by atoms with Gasteiger partial charge in [-0.1, -0.05) is 13.8 Å². The lowest BCUT2D eigenvalue weighted by Crippen LogP contribution is -2.47. The lowest BCUT2D eigenvalue weighted by molar-refractivity contribution is -0.139. The maximum absolute atomic E-state index is 11.2. The molecular weight excluding hydrogens is 274 g/mol. The summed E-state index contributed by atoms with van der Waals surface area (Å²) in [5, 5.41) is 2.97. The summed E-state index contributed by atoms with van der Waals surface area (Å²) in [5.74, 6) is 0.483. The highest BCUT2D eigenvalue weighted by Gasteiger charge is 2.20. The summed E-state index contributed by atoms with van der Waals surface area (Å²) in [6, 6.07) is 0. The molecule has 6 heteroatoms. The summed E-state index contributed by atoms with van der Waals surface area (Å²) in [6.45, 7) is 9.88. The molecule has 0 N–H and O–H groups in total. The third kappa shape index (κ3) is 4.18. The lowest BCUT2D eigenvalue weighted by atomic mass is 10.2. The van der Waals surface area contributed by atoms with Gasteiger partial charge in [-0.2, -0.15) is 0 Å². The summed E-state index contributed by atoms with van der Waals surface area (Å²) >= 11 is 1.61. The first-order valence-electron chi connectivity index (χ1n) is 7.07. The van der Waals surface area contributed by atoms with Crippen LogP contribution in [0.3, 0.4) is 0 Å². The van der Waals surface area contributed by atoms with Gasteiger partial charge in [0.15, 0.2) is 5.13 Å². The Morgan fingerprint density at radius 1 is 1.40 bits per heavy atom. The Kier molecular flexibility index (Phi) is 5.37. The van der Waals surface area contributed by atoms with Crippen LogP contribution in [0.2, 0.25) is 0 Å². The van der Waals surface area contributed by atoms with Gasteiger partial charge in [-0.05, 0) is 5.92 Å². The van der Waals surface area contributed by atoms with Crippen molar-refractivity contribution in [2.45, 2.75) is 20.3 Å². The number of ether oxygens (including phenoxy) is 1. The van der Waals surface area contributed by atoms with Gasteiger partial charge in [-0.3, -0.25) is 9.69 Å². The predicted octanol–water partition coefficient (Wildman–Crippen LogP) is 1.64. The molecule has 0 aromatic carbocycles. The van der Waals surface area contributed by atoms with E-state index in [1.165, 1.54) is 13.7 Å². The average Bonchev–Trinajstić information content (AvgIpc) is 2.87. The number of piperazine rings is 1. The van der Waals surface area contributed by atoms with Gasteiger partial charge < -0.3 is 9.64 Å². The molecule has 0 saturated carbocycles. The molecule has 1 saturated heterocycles. The quantitative estimate of drug-likeness (QED) is 0.773. The first-order chi connectivity index (χ1) is 9.58. The summed E-state index contributed by atoms with van der Waals surface area (Å²) in [4.78, 5) is 20.6. The van der Waals surface area contributed by atoms with Crippen molar-refractivity contribution in [2.75, 3.05) is 44.7 Å². The number of aromatic nitrogens is 1. The molecule has 0 radical (unpaired) electrons. The Labute approximate surface area is 124 Å². The third-order valence-corrected chi connectivity index (χ3v) is 4.31. The minimum absolute atomic E-state index is 0.233. The van der Waals surface area contributed by atoms with Crippen LogP contribution >= 0.6 is 11.3 Å². The average molecular weight is 297 g/mol. The molecule has 0 bridgehead atoms. The topological polar surface area (TPSA) is 45.7 Å². The van der Waals surface area contributed by atoms with Crippen molar-refractivity contribution in [1.82, 2.24) is 9.88 Å². The molecule has 1 aliphatic rings. The summed E-state index contributed by atoms with van der Waals surface area (Å²) in [6.07, 6.45) is 0.264. The maximum Gasteiger partial charge on any atom is 0.311 e. The second-order valence-corrected chi connectivity index (χ2v) is 6.39. The highest BCUT2D eigenvalue weighted by atomic mass is 32.1. The number of thiazole rings is 1. The van der Waals surface area contributed by atoms with Gasteiger partial charge in [0.25, 0.3) is 0 Å². The fourth-order valence-corrected chi connectivity index (χ4v) is 3.26. The first-order valence-corrected chi connectivity index (χ1v) is 7.95. The van der Waals surface area contributed by atoms with Crippen molar-refractivity contribution < 1.29 is 9.53 Å². The van der Waals surface area contributed by atoms with Crippen molar-refractivity contribution in [3.63, 3.8) is 0 Å². The van der Waals surface area contributed by atoms with E-state index in [-0.39, 0.29) is 12.4 Å². The van der Waals surface area contributed by atoms with Crippen molar-refractivity contribution >= 4 is 22.4 Å². The van der Waals surface area contributed by atoms with Gasteiger partial charge >= 0.3 is 5.97 Å². The minimum Gasteiger partial charge on any atom is -0.469 e. The van der Waals surface area contributed by atoms with Gasteiger partial charge in [0.1, 0.15) is 0 Å². The Bertz CT molecular complexity index is 439. The smallest absolute Gasteiger partial charge is 0.311 e. The molecule has 5 nitrogen and oxygen atoms in total. The second-order valence-electron chi connectivity index (χ2n) is 5.56. The molecule has 1 fully saturated rings. The highest BCUT2D eigenvalue weighted by molar-refractivity contribution is 7.13. The molecule has 20 heavy (non-hydrogen) atoms. The zero-order chi connectivity index (χ0) is 14.5. The van der Waals surface area contributed by atoms with Crippen LogP contribution in [0, 0.1) is 5.92 Å². The molecular formula is C14H23N3O2S. The van der Waals surface area contributed by atoms with Crippen LogP contribution < -0.4 is 4.90 Å². The summed E-state index contributed by atoms with van der Waals surface area (Å²) in [5.41, 5.74) is 0.807. The monoisotopic (exact) mass is 297 g/mol. The molecule has 0 amide bonds. The number of hydrogen-bond donors (Lipinski definition) is 0. The number of carbonyl (C=O) groups is 1. The molecule has 0 spiro atoms. The molecule has 112 valence electrons. The number of esters is 1. The van der Waals surface area contributed by atoms with E-state index in [1.807, 2.05) is 5.38 Å². The number of hydrogen-bond acceptors (Lipinski definition) is 6. The van der Waals surface area contributed by atoms with Crippen LogP contribution in [0.25, 0.3) is 0 Å². The zero-order valence-electron chi connectivity index (χ0n) is 12.5. The predicted molar refractivity (Wildman–Crippen MR) is 81.3 cm³/mol. The molecule has 1 aromatic heterocycles. The molecule has 0 aliphatic carbocycles. The molecule has 0 atom stereocenters. The number of nitrogens with zero attached hydrogens (tertiary/aromatic N) is 3. The van der Waals surface area contributed by atoms with E-state index < -0.39 is 0 Å². The normalized spacial score (nSPS) is 16.7. The van der Waals surface area contributed by atoms with Crippen molar-refractivity contribution in [3.8, 4) is 0 Å². The van der Waals surface area contributed by atoms with Gasteiger partial charge in [-0.15, -0.1) is 11.3 Å².